The maximum absolute atomic E-state index is 14.2. The molecule has 7 heteroatoms. The molecular weight excluding hydrogens is 385 g/mol. The van der Waals surface area contributed by atoms with Crippen LogP contribution in [0.5, 0.6) is 11.5 Å². The SMILES string of the molecule is CC[C@@H](c1ccc2c(c1)n(C)c(=O)n2C)n1cccc1-c1cc(F)c(O)c(OC)c1. The zero-order valence-corrected chi connectivity index (χ0v) is 17.4. The maximum atomic E-state index is 14.2. The molecule has 1 N–H and O–H groups in total. The van der Waals surface area contributed by atoms with Crippen molar-refractivity contribution in [3.05, 3.63) is 70.5 Å². The maximum Gasteiger partial charge on any atom is 0.328 e. The van der Waals surface area contributed by atoms with Crippen molar-refractivity contribution < 1.29 is 14.2 Å². The first-order valence-electron chi connectivity index (χ1n) is 9.76. The predicted octanol–water partition coefficient (Wildman–Crippen LogP) is 4.20. The summed E-state index contributed by atoms with van der Waals surface area (Å²) < 4.78 is 24.7. The first-order valence-corrected chi connectivity index (χ1v) is 9.76. The van der Waals surface area contributed by atoms with Gasteiger partial charge < -0.3 is 14.4 Å². The molecule has 0 aliphatic rings. The lowest BCUT2D eigenvalue weighted by atomic mass is 10.0. The predicted molar refractivity (Wildman–Crippen MR) is 115 cm³/mol. The molecule has 0 radical (unpaired) electrons. The van der Waals surface area contributed by atoms with Crippen LogP contribution >= 0.6 is 0 Å². The Morgan fingerprint density at radius 1 is 1.10 bits per heavy atom. The van der Waals surface area contributed by atoms with Gasteiger partial charge in [0.1, 0.15) is 0 Å². The number of hydrogen-bond acceptors (Lipinski definition) is 3. The van der Waals surface area contributed by atoms with E-state index in [1.807, 2.05) is 36.5 Å². The van der Waals surface area contributed by atoms with E-state index >= 15 is 0 Å². The Hall–Kier alpha value is -3.48. The van der Waals surface area contributed by atoms with Gasteiger partial charge in [0.2, 0.25) is 0 Å². The van der Waals surface area contributed by atoms with Crippen LogP contribution in [-0.2, 0) is 14.1 Å². The third kappa shape index (κ3) is 2.98. The summed E-state index contributed by atoms with van der Waals surface area (Å²) in [6.07, 6.45) is 2.75. The Kier molecular flexibility index (Phi) is 4.89. The van der Waals surface area contributed by atoms with E-state index in [0.717, 1.165) is 28.7 Å². The number of hydrogen-bond donors (Lipinski definition) is 1. The number of aromatic hydroxyl groups is 1. The summed E-state index contributed by atoms with van der Waals surface area (Å²) in [6, 6.07) is 12.8. The van der Waals surface area contributed by atoms with Gasteiger partial charge in [-0.2, -0.15) is 0 Å². The number of aromatic nitrogens is 3. The number of methoxy groups -OCH3 is 1. The van der Waals surface area contributed by atoms with E-state index in [1.165, 1.54) is 13.2 Å². The molecular formula is C23H24FN3O3. The van der Waals surface area contributed by atoms with Crippen LogP contribution < -0.4 is 10.4 Å². The van der Waals surface area contributed by atoms with E-state index in [9.17, 15) is 14.3 Å². The summed E-state index contributed by atoms with van der Waals surface area (Å²) in [5.41, 5.74) is 4.14. The summed E-state index contributed by atoms with van der Waals surface area (Å²) in [5, 5.41) is 9.84. The second-order valence-corrected chi connectivity index (χ2v) is 7.38. The highest BCUT2D eigenvalue weighted by Gasteiger charge is 2.19. The molecule has 0 amide bonds. The van der Waals surface area contributed by atoms with Gasteiger partial charge in [-0.3, -0.25) is 9.13 Å². The van der Waals surface area contributed by atoms with Gasteiger partial charge in [0.05, 0.1) is 24.2 Å². The summed E-state index contributed by atoms with van der Waals surface area (Å²) in [6.45, 7) is 2.08. The molecule has 4 aromatic rings. The second-order valence-electron chi connectivity index (χ2n) is 7.38. The number of nitrogens with zero attached hydrogens (tertiary/aromatic N) is 3. The van der Waals surface area contributed by atoms with Crippen LogP contribution in [0, 0.1) is 5.82 Å². The zero-order valence-electron chi connectivity index (χ0n) is 17.4. The Morgan fingerprint density at radius 2 is 1.83 bits per heavy atom. The fraction of sp³-hybridized carbons (Fsp3) is 0.261. The lowest BCUT2D eigenvalue weighted by Crippen LogP contribution is -2.19. The molecule has 0 saturated carbocycles. The molecule has 0 bridgehead atoms. The standard InChI is InChI=1S/C23H24FN3O3/c1-5-17(14-8-9-19-20(12-14)26(3)23(29)25(19)2)27-10-6-7-18(27)15-11-16(24)22(28)21(13-15)30-4/h6-13,17,28H,5H2,1-4H3/t17-/m0/s1. The Labute approximate surface area is 173 Å². The van der Waals surface area contributed by atoms with Gasteiger partial charge in [0.25, 0.3) is 0 Å². The number of benzene rings is 2. The number of imidazole rings is 1. The number of phenolic OH excluding ortho intramolecular Hbond substituents is 1. The van der Waals surface area contributed by atoms with Crippen LogP contribution in [-0.4, -0.2) is 25.9 Å². The Balaban J connectivity index is 1.85. The molecule has 2 aromatic carbocycles. The van der Waals surface area contributed by atoms with Crippen LogP contribution in [0.1, 0.15) is 24.9 Å². The lowest BCUT2D eigenvalue weighted by molar-refractivity contribution is 0.357. The number of fused-ring (bicyclic) bond motifs is 1. The van der Waals surface area contributed by atoms with Crippen molar-refractivity contribution in [2.75, 3.05) is 7.11 Å². The first-order chi connectivity index (χ1) is 14.4. The monoisotopic (exact) mass is 409 g/mol. The third-order valence-corrected chi connectivity index (χ3v) is 5.73. The molecule has 2 heterocycles. The van der Waals surface area contributed by atoms with Crippen molar-refractivity contribution >= 4 is 11.0 Å². The highest BCUT2D eigenvalue weighted by molar-refractivity contribution is 5.77. The van der Waals surface area contributed by atoms with Crippen LogP contribution in [0.2, 0.25) is 0 Å². The summed E-state index contributed by atoms with van der Waals surface area (Å²) >= 11 is 0. The van der Waals surface area contributed by atoms with Gasteiger partial charge in [-0.25, -0.2) is 9.18 Å². The highest BCUT2D eigenvalue weighted by Crippen LogP contribution is 2.37. The van der Waals surface area contributed by atoms with Crippen molar-refractivity contribution in [2.45, 2.75) is 19.4 Å². The highest BCUT2D eigenvalue weighted by atomic mass is 19.1. The molecule has 0 spiro atoms. The minimum Gasteiger partial charge on any atom is -0.502 e. The minimum absolute atomic E-state index is 0.0161. The number of phenols is 1. The minimum atomic E-state index is -0.731. The summed E-state index contributed by atoms with van der Waals surface area (Å²) in [4.78, 5) is 12.3. The first kappa shape index (κ1) is 19.8. The Morgan fingerprint density at radius 3 is 2.53 bits per heavy atom. The number of aryl methyl sites for hydroxylation is 2. The van der Waals surface area contributed by atoms with Gasteiger partial charge in [0.15, 0.2) is 17.3 Å². The van der Waals surface area contributed by atoms with Gasteiger partial charge in [0, 0.05) is 31.5 Å². The number of rotatable bonds is 5. The van der Waals surface area contributed by atoms with E-state index in [2.05, 4.69) is 11.5 Å². The van der Waals surface area contributed by atoms with Crippen LogP contribution in [0.4, 0.5) is 4.39 Å². The quantitative estimate of drug-likeness (QED) is 0.537. The van der Waals surface area contributed by atoms with Crippen LogP contribution in [0.15, 0.2) is 53.5 Å². The number of ether oxygens (including phenoxy) is 1. The van der Waals surface area contributed by atoms with Crippen molar-refractivity contribution in [2.24, 2.45) is 14.1 Å². The molecule has 0 unspecified atom stereocenters. The molecule has 0 saturated heterocycles. The van der Waals surface area contributed by atoms with Crippen molar-refractivity contribution in [1.82, 2.24) is 13.7 Å². The van der Waals surface area contributed by atoms with Gasteiger partial charge in [-0.1, -0.05) is 13.0 Å². The molecule has 0 aliphatic heterocycles. The van der Waals surface area contributed by atoms with Gasteiger partial charge >= 0.3 is 5.69 Å². The Bertz CT molecular complexity index is 1300. The van der Waals surface area contributed by atoms with Gasteiger partial charge in [-0.05, 0) is 48.4 Å². The summed E-state index contributed by atoms with van der Waals surface area (Å²) in [7, 11) is 4.92. The van der Waals surface area contributed by atoms with E-state index in [1.54, 1.807) is 29.3 Å². The molecule has 0 fully saturated rings. The van der Waals surface area contributed by atoms with Crippen molar-refractivity contribution in [3.8, 4) is 22.8 Å². The molecule has 0 aliphatic carbocycles. The zero-order chi connectivity index (χ0) is 21.6. The molecule has 2 aromatic heterocycles. The van der Waals surface area contributed by atoms with Crippen LogP contribution in [0.3, 0.4) is 0 Å². The fourth-order valence-electron chi connectivity index (χ4n) is 4.11. The average Bonchev–Trinajstić information content (AvgIpc) is 3.31. The van der Waals surface area contributed by atoms with Crippen molar-refractivity contribution in [3.63, 3.8) is 0 Å². The topological polar surface area (TPSA) is 61.3 Å². The fourth-order valence-corrected chi connectivity index (χ4v) is 4.11. The second kappa shape index (κ2) is 7.40. The summed E-state index contributed by atoms with van der Waals surface area (Å²) in [5.74, 6) is -1.14. The normalized spacial score (nSPS) is 12.4. The molecule has 6 nitrogen and oxygen atoms in total. The van der Waals surface area contributed by atoms with E-state index < -0.39 is 11.6 Å². The molecule has 4 rings (SSSR count). The molecule has 156 valence electrons. The molecule has 30 heavy (non-hydrogen) atoms. The smallest absolute Gasteiger partial charge is 0.328 e. The van der Waals surface area contributed by atoms with Crippen molar-refractivity contribution in [1.29, 1.82) is 0 Å². The molecule has 1 atom stereocenters. The average molecular weight is 409 g/mol. The lowest BCUT2D eigenvalue weighted by Gasteiger charge is -2.22. The van der Waals surface area contributed by atoms with E-state index in [-0.39, 0.29) is 17.5 Å². The van der Waals surface area contributed by atoms with Gasteiger partial charge in [-0.15, -0.1) is 0 Å². The third-order valence-electron chi connectivity index (χ3n) is 5.73. The van der Waals surface area contributed by atoms with E-state index in [4.69, 9.17) is 4.74 Å². The largest absolute Gasteiger partial charge is 0.502 e. The van der Waals surface area contributed by atoms with Crippen LogP contribution in [0.25, 0.3) is 22.3 Å². The number of halogens is 1. The van der Waals surface area contributed by atoms with E-state index in [0.29, 0.717) is 5.56 Å².